The highest BCUT2D eigenvalue weighted by Crippen LogP contribution is 2.46. The number of guanidine groups is 1. The second kappa shape index (κ2) is 13.0. The standard InChI is InChI=1S/C28H37N9O10S2/c1-27(2)21(20-23(45-20)37(27)47-49(41,42)43)35-22(38)19(16-12-48-25(30)33-16)36-46-28(3,24(39)40)18-7-5-14-10-13(4-6-17(14)44-18)15-11-32-26(34-15)31-9-8-29/h4,6,10,12,15,18,20-21,23H,5,7-9,11,29H2,1-3H3,(H2,30,33)(H,35,38)(H,39,40)(H2,31,32,34)(H,41,42,43)/b36-19-/t15?,18-,20?,21?,23?,28+/m1/s1. The van der Waals surface area contributed by atoms with Crippen LogP contribution in [0.3, 0.4) is 0 Å². The molecular formula is C28H37N9O10S2. The molecule has 2 saturated heterocycles. The number of thiazole rings is 1. The lowest BCUT2D eigenvalue weighted by atomic mass is 9.89. The van der Waals surface area contributed by atoms with Crippen molar-refractivity contribution in [2.75, 3.05) is 25.4 Å². The Kier molecular flexibility index (Phi) is 9.19. The summed E-state index contributed by atoms with van der Waals surface area (Å²) in [4.78, 5) is 40.7. The summed E-state index contributed by atoms with van der Waals surface area (Å²) in [7, 11) is -4.88. The van der Waals surface area contributed by atoms with Crippen LogP contribution in [-0.4, -0.2) is 107 Å². The first kappa shape index (κ1) is 34.7. The first-order chi connectivity index (χ1) is 23.1. The zero-order chi connectivity index (χ0) is 35.3. The Balaban J connectivity index is 1.19. The van der Waals surface area contributed by atoms with Crippen molar-refractivity contribution in [1.82, 2.24) is 26.0 Å². The Hall–Kier alpha value is -4.12. The molecule has 1 aromatic heterocycles. The molecule has 9 N–H and O–H groups in total. The number of epoxide rings is 1. The fourth-order valence-electron chi connectivity index (χ4n) is 6.04. The number of aliphatic carboxylic acids is 1. The minimum absolute atomic E-state index is 0.0103. The van der Waals surface area contributed by atoms with E-state index in [0.717, 1.165) is 27.5 Å². The first-order valence-corrected chi connectivity index (χ1v) is 17.5. The number of nitrogen functional groups attached to an aromatic ring is 1. The van der Waals surface area contributed by atoms with Crippen LogP contribution in [0.25, 0.3) is 0 Å². The average Bonchev–Trinajstić information content (AvgIpc) is 3.35. The zero-order valence-corrected chi connectivity index (χ0v) is 28.3. The van der Waals surface area contributed by atoms with Crippen LogP contribution in [0.4, 0.5) is 5.13 Å². The van der Waals surface area contributed by atoms with Gasteiger partial charge in [-0.15, -0.1) is 16.4 Å². The van der Waals surface area contributed by atoms with Gasteiger partial charge in [0.25, 0.3) is 11.5 Å². The molecule has 4 unspecified atom stereocenters. The van der Waals surface area contributed by atoms with Gasteiger partial charge in [0.15, 0.2) is 29.1 Å². The summed E-state index contributed by atoms with van der Waals surface area (Å²) >= 11 is 1.02. The van der Waals surface area contributed by atoms with E-state index in [1.165, 1.54) is 12.3 Å². The van der Waals surface area contributed by atoms with Crippen LogP contribution in [-0.2, 0) is 40.3 Å². The van der Waals surface area contributed by atoms with Gasteiger partial charge in [-0.25, -0.2) is 9.78 Å². The van der Waals surface area contributed by atoms with Gasteiger partial charge in [0.05, 0.1) is 24.2 Å². The van der Waals surface area contributed by atoms with Crippen LogP contribution in [0.5, 0.6) is 5.75 Å². The minimum atomic E-state index is -4.88. The number of hydrogen-bond donors (Lipinski definition) is 7. The second-order valence-corrected chi connectivity index (χ2v) is 14.4. The van der Waals surface area contributed by atoms with Crippen LogP contribution in [0.15, 0.2) is 33.7 Å². The van der Waals surface area contributed by atoms with Crippen LogP contribution < -0.4 is 32.2 Å². The first-order valence-electron chi connectivity index (χ1n) is 15.3. The van der Waals surface area contributed by atoms with Gasteiger partial charge in [-0.05, 0) is 56.9 Å². The van der Waals surface area contributed by atoms with Gasteiger partial charge in [0.2, 0.25) is 0 Å². The van der Waals surface area contributed by atoms with Crippen molar-refractivity contribution >= 4 is 50.4 Å². The lowest BCUT2D eigenvalue weighted by Crippen LogP contribution is -2.57. The van der Waals surface area contributed by atoms with Crippen LogP contribution >= 0.6 is 11.3 Å². The van der Waals surface area contributed by atoms with E-state index in [9.17, 15) is 27.7 Å². The molecule has 1 amide bonds. The molecule has 0 saturated carbocycles. The number of nitrogens with two attached hydrogens (primary N) is 2. The molecule has 4 aliphatic rings. The molecule has 21 heteroatoms. The van der Waals surface area contributed by atoms with Gasteiger partial charge in [-0.3, -0.25) is 14.3 Å². The van der Waals surface area contributed by atoms with E-state index in [1.54, 1.807) is 19.9 Å². The highest BCUT2D eigenvalue weighted by molar-refractivity contribution is 7.80. The number of carbonyl (C=O) groups excluding carboxylic acids is 1. The number of aromatic nitrogens is 1. The number of aryl methyl sites for hydroxylation is 1. The third kappa shape index (κ3) is 7.00. The van der Waals surface area contributed by atoms with Crippen LogP contribution in [0.2, 0.25) is 0 Å². The van der Waals surface area contributed by atoms with E-state index >= 15 is 0 Å². The van der Waals surface area contributed by atoms with Crippen molar-refractivity contribution in [3.8, 4) is 5.75 Å². The number of carbonyl (C=O) groups is 2. The number of oxime groups is 1. The SMILES string of the molecule is CC1(C)C(NC(=O)/C(=N\O[C@](C)(C(=O)O)[C@H]2CCc3cc(C4CN=C(NCCN)N4)ccc3O2)c2csc(N)n2)C2OC2N1OS(=O)(=O)O. The molecule has 266 valence electrons. The van der Waals surface area contributed by atoms with Gasteiger partial charge in [0, 0.05) is 18.5 Å². The fraction of sp³-hybridized carbons (Fsp3) is 0.536. The molecule has 0 radical (unpaired) electrons. The van der Waals surface area contributed by atoms with Crippen molar-refractivity contribution in [1.29, 1.82) is 0 Å². The number of amides is 1. The molecular weight excluding hydrogens is 686 g/mol. The molecule has 0 aliphatic carbocycles. The zero-order valence-electron chi connectivity index (χ0n) is 26.7. The number of anilines is 1. The average molecular weight is 724 g/mol. The maximum Gasteiger partial charge on any atom is 0.413 e. The Morgan fingerprint density at radius 2 is 2.12 bits per heavy atom. The summed E-state index contributed by atoms with van der Waals surface area (Å²) in [6.07, 6.45) is -1.80. The third-order valence-electron chi connectivity index (χ3n) is 8.81. The molecule has 6 rings (SSSR count). The smallest absolute Gasteiger partial charge is 0.413 e. The molecule has 6 atom stereocenters. The number of carboxylic acids is 1. The van der Waals surface area contributed by atoms with Gasteiger partial charge in [-0.1, -0.05) is 11.2 Å². The minimum Gasteiger partial charge on any atom is -0.485 e. The van der Waals surface area contributed by atoms with E-state index in [2.05, 4.69) is 31.1 Å². The summed E-state index contributed by atoms with van der Waals surface area (Å²) in [6, 6.07) is 4.75. The number of hydroxylamine groups is 2. The number of nitrogens with zero attached hydrogens (tertiary/aromatic N) is 4. The summed E-state index contributed by atoms with van der Waals surface area (Å²) < 4.78 is 48.4. The second-order valence-electron chi connectivity index (χ2n) is 12.6. The lowest BCUT2D eigenvalue weighted by molar-refractivity contribution is -0.178. The van der Waals surface area contributed by atoms with Crippen molar-refractivity contribution < 1.29 is 46.3 Å². The molecule has 2 aromatic rings. The Morgan fingerprint density at radius 1 is 1.35 bits per heavy atom. The van der Waals surface area contributed by atoms with Gasteiger partial charge < -0.3 is 46.8 Å². The number of fused-ring (bicyclic) bond motifs is 2. The van der Waals surface area contributed by atoms with E-state index in [0.29, 0.717) is 37.8 Å². The lowest BCUT2D eigenvalue weighted by Gasteiger charge is -2.36. The van der Waals surface area contributed by atoms with Crippen molar-refractivity contribution in [2.45, 2.75) is 75.3 Å². The third-order valence-corrected chi connectivity index (χ3v) is 9.83. The summed E-state index contributed by atoms with van der Waals surface area (Å²) in [6.45, 7) is 6.07. The van der Waals surface area contributed by atoms with Crippen molar-refractivity contribution in [2.24, 2.45) is 15.9 Å². The normalized spacial score (nSPS) is 27.1. The highest BCUT2D eigenvalue weighted by Gasteiger charge is 2.67. The maximum absolute atomic E-state index is 13.7. The summed E-state index contributed by atoms with van der Waals surface area (Å²) in [5.74, 6) is -1.05. The number of benzene rings is 1. The van der Waals surface area contributed by atoms with Gasteiger partial charge >= 0.3 is 16.4 Å². The molecule has 4 aliphatic heterocycles. The Morgan fingerprint density at radius 3 is 2.80 bits per heavy atom. The summed E-state index contributed by atoms with van der Waals surface area (Å²) in [5, 5.41) is 26.0. The van der Waals surface area contributed by atoms with E-state index in [-0.39, 0.29) is 23.3 Å². The molecule has 5 heterocycles. The molecule has 0 bridgehead atoms. The molecule has 49 heavy (non-hydrogen) atoms. The number of rotatable bonds is 12. The van der Waals surface area contributed by atoms with E-state index in [1.807, 2.05) is 12.1 Å². The predicted octanol–water partition coefficient (Wildman–Crippen LogP) is -0.730. The maximum atomic E-state index is 13.7. The monoisotopic (exact) mass is 723 g/mol. The van der Waals surface area contributed by atoms with E-state index in [4.69, 9.17) is 30.1 Å². The van der Waals surface area contributed by atoms with Gasteiger partial charge in [0.1, 0.15) is 17.5 Å². The predicted molar refractivity (Wildman–Crippen MR) is 174 cm³/mol. The van der Waals surface area contributed by atoms with Crippen molar-refractivity contribution in [3.05, 3.63) is 40.4 Å². The number of ether oxygens (including phenoxy) is 2. The molecule has 0 spiro atoms. The van der Waals surface area contributed by atoms with Gasteiger partial charge in [-0.2, -0.15) is 12.7 Å². The Labute approximate surface area is 284 Å². The topological polar surface area (TPSA) is 278 Å². The molecule has 1 aromatic carbocycles. The number of hydrogen-bond acceptors (Lipinski definition) is 17. The number of carboxylic acid groups (broad SMARTS) is 1. The largest absolute Gasteiger partial charge is 0.485 e. The van der Waals surface area contributed by atoms with E-state index < -0.39 is 63.6 Å². The van der Waals surface area contributed by atoms with Crippen LogP contribution in [0.1, 0.15) is 50.1 Å². The molecule has 19 nitrogen and oxygen atoms in total. The van der Waals surface area contributed by atoms with Crippen molar-refractivity contribution in [3.63, 3.8) is 0 Å². The summed E-state index contributed by atoms with van der Waals surface area (Å²) in [5.41, 5.74) is 9.65. The highest BCUT2D eigenvalue weighted by atomic mass is 32.3. The number of aliphatic imine (C=N–C) groups is 1. The number of nitrogens with one attached hydrogen (secondary N) is 3. The Bertz CT molecular complexity index is 1800. The fourth-order valence-corrected chi connectivity index (χ4v) is 7.07. The molecule has 2 fully saturated rings. The van der Waals surface area contributed by atoms with Crippen LogP contribution in [0, 0.1) is 0 Å². The quantitative estimate of drug-likeness (QED) is 0.0615.